The fourth-order valence-corrected chi connectivity index (χ4v) is 9.35. The first-order chi connectivity index (χ1) is 37.0. The first-order valence-corrected chi connectivity index (χ1v) is 32.4. The molecule has 75 heavy (non-hydrogen) atoms. The highest BCUT2D eigenvalue weighted by molar-refractivity contribution is 5.71. The van der Waals surface area contributed by atoms with Gasteiger partial charge in [0.2, 0.25) is 0 Å². The van der Waals surface area contributed by atoms with Crippen molar-refractivity contribution in [3.8, 4) is 0 Å². The van der Waals surface area contributed by atoms with Crippen molar-refractivity contribution < 1.29 is 28.6 Å². The van der Waals surface area contributed by atoms with E-state index in [0.717, 1.165) is 83.5 Å². The van der Waals surface area contributed by atoms with Crippen LogP contribution in [0.15, 0.2) is 72.9 Å². The van der Waals surface area contributed by atoms with Gasteiger partial charge in [0, 0.05) is 19.3 Å². The molecule has 0 aromatic carbocycles. The van der Waals surface area contributed by atoms with E-state index >= 15 is 0 Å². The third kappa shape index (κ3) is 61.6. The minimum absolute atomic E-state index is 0.0882. The molecule has 1 atom stereocenters. The smallest absolute Gasteiger partial charge is 0.306 e. The molecular formula is C69H122O6. The van der Waals surface area contributed by atoms with Crippen molar-refractivity contribution in [3.05, 3.63) is 72.9 Å². The number of unbranched alkanes of at least 4 members (excludes halogenated alkanes) is 36. The third-order valence-corrected chi connectivity index (χ3v) is 14.2. The summed E-state index contributed by atoms with van der Waals surface area (Å²) < 4.78 is 16.8. The van der Waals surface area contributed by atoms with E-state index in [9.17, 15) is 14.4 Å². The molecule has 0 aliphatic heterocycles. The Morgan fingerprint density at radius 1 is 0.280 bits per heavy atom. The van der Waals surface area contributed by atoms with Crippen molar-refractivity contribution in [1.82, 2.24) is 0 Å². The van der Waals surface area contributed by atoms with Gasteiger partial charge in [0.05, 0.1) is 0 Å². The van der Waals surface area contributed by atoms with Gasteiger partial charge in [-0.2, -0.15) is 0 Å². The molecule has 434 valence electrons. The lowest BCUT2D eigenvalue weighted by Crippen LogP contribution is -2.30. The van der Waals surface area contributed by atoms with E-state index in [1.165, 1.54) is 199 Å². The average Bonchev–Trinajstić information content (AvgIpc) is 3.41. The van der Waals surface area contributed by atoms with E-state index in [-0.39, 0.29) is 37.5 Å². The summed E-state index contributed by atoms with van der Waals surface area (Å²) in [6, 6.07) is 0. The second kappa shape index (κ2) is 63.4. The Morgan fingerprint density at radius 2 is 0.520 bits per heavy atom. The number of ether oxygens (including phenoxy) is 3. The molecule has 0 saturated carbocycles. The van der Waals surface area contributed by atoms with Gasteiger partial charge in [-0.1, -0.05) is 293 Å². The van der Waals surface area contributed by atoms with Crippen LogP contribution in [0.5, 0.6) is 0 Å². The zero-order chi connectivity index (χ0) is 54.3. The number of hydrogen-bond acceptors (Lipinski definition) is 6. The van der Waals surface area contributed by atoms with Gasteiger partial charge in [0.25, 0.3) is 0 Å². The minimum Gasteiger partial charge on any atom is -0.462 e. The van der Waals surface area contributed by atoms with Crippen molar-refractivity contribution in [3.63, 3.8) is 0 Å². The molecule has 0 saturated heterocycles. The molecule has 0 amide bonds. The van der Waals surface area contributed by atoms with E-state index in [1.807, 2.05) is 0 Å². The van der Waals surface area contributed by atoms with Crippen molar-refractivity contribution in [2.24, 2.45) is 0 Å². The highest BCUT2D eigenvalue weighted by Gasteiger charge is 2.19. The maximum Gasteiger partial charge on any atom is 0.306 e. The van der Waals surface area contributed by atoms with Gasteiger partial charge in [-0.3, -0.25) is 14.4 Å². The largest absolute Gasteiger partial charge is 0.462 e. The van der Waals surface area contributed by atoms with Crippen molar-refractivity contribution in [1.29, 1.82) is 0 Å². The van der Waals surface area contributed by atoms with Crippen LogP contribution < -0.4 is 0 Å². The maximum atomic E-state index is 12.8. The van der Waals surface area contributed by atoms with Gasteiger partial charge in [-0.15, -0.1) is 0 Å². The predicted molar refractivity (Wildman–Crippen MR) is 325 cm³/mol. The summed E-state index contributed by atoms with van der Waals surface area (Å²) in [5.41, 5.74) is 0. The van der Waals surface area contributed by atoms with Crippen LogP contribution in [0.4, 0.5) is 0 Å². The molecule has 0 aromatic heterocycles. The number of hydrogen-bond donors (Lipinski definition) is 0. The molecule has 0 spiro atoms. The molecule has 0 heterocycles. The summed E-state index contributed by atoms with van der Waals surface area (Å²) in [4.78, 5) is 38.2. The maximum absolute atomic E-state index is 12.8. The van der Waals surface area contributed by atoms with Gasteiger partial charge < -0.3 is 14.2 Å². The average molecular weight is 1050 g/mol. The van der Waals surface area contributed by atoms with Crippen LogP contribution in [0.2, 0.25) is 0 Å². The molecule has 6 heteroatoms. The standard InChI is InChI=1S/C69H122O6/c1-4-7-10-13-16-19-22-24-26-27-28-29-30-31-32-33-34-35-36-37-38-39-40-41-43-44-47-50-53-56-59-62-68(71)74-65-66(64-73-67(70)61-58-55-52-49-46-21-18-15-12-9-6-3)75-69(72)63-60-57-54-51-48-45-42-25-23-20-17-14-11-8-5-2/h8,11,17,20,22,24-25,27-28,42,48,51,66H,4-7,9-10,12-16,18-19,21,23,26,29-41,43-47,49-50,52-65H2,1-3H3/b11-8-,20-17-,24-22-,28-27-,42-25-,51-48-. The van der Waals surface area contributed by atoms with E-state index in [4.69, 9.17) is 14.2 Å². The summed E-state index contributed by atoms with van der Waals surface area (Å²) >= 11 is 0. The molecule has 0 bridgehead atoms. The van der Waals surface area contributed by atoms with Crippen LogP contribution in [0.25, 0.3) is 0 Å². The predicted octanol–water partition coefficient (Wildman–Crippen LogP) is 22.1. The molecule has 0 radical (unpaired) electrons. The van der Waals surface area contributed by atoms with Crippen LogP contribution in [0.1, 0.15) is 329 Å². The quantitative estimate of drug-likeness (QED) is 0.0261. The van der Waals surface area contributed by atoms with E-state index in [1.54, 1.807) is 0 Å². The van der Waals surface area contributed by atoms with Crippen LogP contribution in [-0.2, 0) is 28.6 Å². The first-order valence-electron chi connectivity index (χ1n) is 32.4. The summed E-state index contributed by atoms with van der Waals surface area (Å²) in [6.07, 6.45) is 82.2. The van der Waals surface area contributed by atoms with Crippen LogP contribution in [-0.4, -0.2) is 37.2 Å². The second-order valence-corrected chi connectivity index (χ2v) is 21.6. The summed E-state index contributed by atoms with van der Waals surface area (Å²) in [6.45, 7) is 6.51. The Balaban J connectivity index is 4.14. The molecule has 0 N–H and O–H groups in total. The van der Waals surface area contributed by atoms with Crippen LogP contribution >= 0.6 is 0 Å². The van der Waals surface area contributed by atoms with Gasteiger partial charge in [-0.25, -0.2) is 0 Å². The number of carbonyl (C=O) groups is 3. The third-order valence-electron chi connectivity index (χ3n) is 14.2. The Kier molecular flexibility index (Phi) is 60.7. The normalized spacial score (nSPS) is 12.5. The zero-order valence-electron chi connectivity index (χ0n) is 49.8. The Bertz CT molecular complexity index is 1390. The highest BCUT2D eigenvalue weighted by Crippen LogP contribution is 2.17. The fraction of sp³-hybridized carbons (Fsp3) is 0.783. The number of rotatable bonds is 59. The zero-order valence-corrected chi connectivity index (χ0v) is 49.8. The lowest BCUT2D eigenvalue weighted by molar-refractivity contribution is -0.167. The van der Waals surface area contributed by atoms with E-state index in [0.29, 0.717) is 19.3 Å². The topological polar surface area (TPSA) is 78.9 Å². The van der Waals surface area contributed by atoms with Gasteiger partial charge in [0.15, 0.2) is 6.10 Å². The molecular weight excluding hydrogens is 925 g/mol. The Labute approximate surface area is 465 Å². The minimum atomic E-state index is -0.794. The van der Waals surface area contributed by atoms with Crippen molar-refractivity contribution >= 4 is 17.9 Å². The second-order valence-electron chi connectivity index (χ2n) is 21.6. The molecule has 0 fully saturated rings. The van der Waals surface area contributed by atoms with Crippen LogP contribution in [0.3, 0.4) is 0 Å². The summed E-state index contributed by atoms with van der Waals surface area (Å²) in [5.74, 6) is -0.917. The lowest BCUT2D eigenvalue weighted by atomic mass is 10.0. The number of esters is 3. The summed E-state index contributed by atoms with van der Waals surface area (Å²) in [7, 11) is 0. The Morgan fingerprint density at radius 3 is 0.840 bits per heavy atom. The fourth-order valence-electron chi connectivity index (χ4n) is 9.35. The number of allylic oxidation sites excluding steroid dienone is 12. The van der Waals surface area contributed by atoms with E-state index < -0.39 is 6.10 Å². The Hall–Kier alpha value is -3.15. The molecule has 0 aromatic rings. The van der Waals surface area contributed by atoms with Gasteiger partial charge in [0.1, 0.15) is 13.2 Å². The molecule has 0 rings (SSSR count). The monoisotopic (exact) mass is 1050 g/mol. The lowest BCUT2D eigenvalue weighted by Gasteiger charge is -2.18. The van der Waals surface area contributed by atoms with Gasteiger partial charge >= 0.3 is 17.9 Å². The van der Waals surface area contributed by atoms with Crippen molar-refractivity contribution in [2.75, 3.05) is 13.2 Å². The number of carbonyl (C=O) groups excluding carboxylic acids is 3. The highest BCUT2D eigenvalue weighted by atomic mass is 16.6. The summed E-state index contributed by atoms with van der Waals surface area (Å²) in [5, 5.41) is 0. The molecule has 1 unspecified atom stereocenters. The van der Waals surface area contributed by atoms with Crippen molar-refractivity contribution in [2.45, 2.75) is 335 Å². The SMILES string of the molecule is CC/C=C\C/C=C\C/C=C\C/C=C\CCCCC(=O)OC(COC(=O)CCCCCCCCCCCCC)COC(=O)CCCCCCCCCCCCCCCCCCCCC/C=C\C/C=C\CCCCCCC. The molecule has 0 aliphatic rings. The first kappa shape index (κ1) is 71.8. The van der Waals surface area contributed by atoms with E-state index in [2.05, 4.69) is 93.7 Å². The molecule has 6 nitrogen and oxygen atoms in total. The van der Waals surface area contributed by atoms with Gasteiger partial charge in [-0.05, 0) is 89.9 Å². The molecule has 0 aliphatic carbocycles. The van der Waals surface area contributed by atoms with Crippen LogP contribution in [0, 0.1) is 0 Å².